The molecule has 0 bridgehead atoms. The lowest BCUT2D eigenvalue weighted by Gasteiger charge is -2.29. The highest BCUT2D eigenvalue weighted by Crippen LogP contribution is 2.46. The summed E-state index contributed by atoms with van der Waals surface area (Å²) in [5.74, 6) is 0. The normalized spacial score (nSPS) is 11.5. The SMILES string of the molecule is Cc1ccc(N(c2ccc3sc4ccccc4c3c2)c2ccc3ccccc3c2-c2ccc3ccccc3c2)cc1. The van der Waals surface area contributed by atoms with Crippen molar-refractivity contribution < 1.29 is 0 Å². The van der Waals surface area contributed by atoms with E-state index in [4.69, 9.17) is 0 Å². The van der Waals surface area contributed by atoms with E-state index in [1.165, 1.54) is 64.1 Å². The Morgan fingerprint density at radius 2 is 1.12 bits per heavy atom. The molecule has 1 nitrogen and oxygen atoms in total. The Kier molecular flexibility index (Phi) is 5.61. The van der Waals surface area contributed by atoms with E-state index in [-0.39, 0.29) is 0 Å². The van der Waals surface area contributed by atoms with Gasteiger partial charge in [-0.3, -0.25) is 0 Å². The van der Waals surface area contributed by atoms with Crippen molar-refractivity contribution >= 4 is 70.1 Å². The molecule has 0 fully saturated rings. The molecule has 0 amide bonds. The van der Waals surface area contributed by atoms with E-state index in [1.807, 2.05) is 11.3 Å². The Morgan fingerprint density at radius 1 is 0.463 bits per heavy atom. The molecule has 1 aromatic heterocycles. The first-order valence-electron chi connectivity index (χ1n) is 14.0. The Bertz CT molecular complexity index is 2220. The van der Waals surface area contributed by atoms with E-state index in [0.717, 1.165) is 11.4 Å². The first kappa shape index (κ1) is 23.9. The smallest absolute Gasteiger partial charge is 0.0546 e. The predicted octanol–water partition coefficient (Wildman–Crippen LogP) is 11.8. The molecule has 8 rings (SSSR count). The quantitative estimate of drug-likeness (QED) is 0.214. The molecule has 0 N–H and O–H groups in total. The largest absolute Gasteiger partial charge is 0.310 e. The van der Waals surface area contributed by atoms with E-state index in [1.54, 1.807) is 0 Å². The van der Waals surface area contributed by atoms with Gasteiger partial charge in [-0.05, 0) is 82.6 Å². The third-order valence-corrected chi connectivity index (χ3v) is 9.25. The lowest BCUT2D eigenvalue weighted by Crippen LogP contribution is -2.11. The van der Waals surface area contributed by atoms with Crippen molar-refractivity contribution in [3.63, 3.8) is 0 Å². The van der Waals surface area contributed by atoms with Crippen LogP contribution in [0.25, 0.3) is 52.8 Å². The zero-order valence-electron chi connectivity index (χ0n) is 22.7. The van der Waals surface area contributed by atoms with Gasteiger partial charge < -0.3 is 4.90 Å². The average molecular weight is 542 g/mol. The zero-order valence-corrected chi connectivity index (χ0v) is 23.5. The summed E-state index contributed by atoms with van der Waals surface area (Å²) in [6.45, 7) is 2.15. The molecular weight excluding hydrogens is 515 g/mol. The van der Waals surface area contributed by atoms with Gasteiger partial charge in [0.25, 0.3) is 0 Å². The minimum Gasteiger partial charge on any atom is -0.310 e. The van der Waals surface area contributed by atoms with Crippen LogP contribution in [-0.2, 0) is 0 Å². The van der Waals surface area contributed by atoms with Gasteiger partial charge in [-0.1, -0.05) is 103 Å². The highest BCUT2D eigenvalue weighted by atomic mass is 32.1. The second-order valence-corrected chi connectivity index (χ2v) is 11.8. The molecule has 0 aliphatic rings. The molecule has 0 saturated heterocycles. The third kappa shape index (κ3) is 4.07. The molecule has 0 spiro atoms. The third-order valence-electron chi connectivity index (χ3n) is 8.10. The summed E-state index contributed by atoms with van der Waals surface area (Å²) in [4.78, 5) is 2.43. The average Bonchev–Trinajstić information content (AvgIpc) is 3.40. The van der Waals surface area contributed by atoms with E-state index >= 15 is 0 Å². The van der Waals surface area contributed by atoms with Crippen LogP contribution >= 0.6 is 11.3 Å². The summed E-state index contributed by atoms with van der Waals surface area (Å²) in [6.07, 6.45) is 0. The van der Waals surface area contributed by atoms with Crippen molar-refractivity contribution in [3.8, 4) is 11.1 Å². The second-order valence-electron chi connectivity index (χ2n) is 10.7. The molecule has 2 heteroatoms. The highest BCUT2D eigenvalue weighted by Gasteiger charge is 2.20. The molecule has 0 aliphatic carbocycles. The maximum absolute atomic E-state index is 2.43. The van der Waals surface area contributed by atoms with Crippen molar-refractivity contribution in [1.82, 2.24) is 0 Å². The minimum atomic E-state index is 1.15. The molecule has 0 aliphatic heterocycles. The van der Waals surface area contributed by atoms with Crippen LogP contribution in [0.4, 0.5) is 17.1 Å². The first-order chi connectivity index (χ1) is 20.2. The van der Waals surface area contributed by atoms with Crippen LogP contribution < -0.4 is 4.90 Å². The fourth-order valence-corrected chi connectivity index (χ4v) is 7.16. The van der Waals surface area contributed by atoms with Crippen molar-refractivity contribution in [2.24, 2.45) is 0 Å². The van der Waals surface area contributed by atoms with Crippen LogP contribution in [0.3, 0.4) is 0 Å². The molecular formula is C39H27NS. The van der Waals surface area contributed by atoms with E-state index in [2.05, 4.69) is 157 Å². The summed E-state index contributed by atoms with van der Waals surface area (Å²) in [6, 6.07) is 53.3. The van der Waals surface area contributed by atoms with Gasteiger partial charge in [0, 0.05) is 37.1 Å². The van der Waals surface area contributed by atoms with Gasteiger partial charge in [0.1, 0.15) is 0 Å². The van der Waals surface area contributed by atoms with Crippen molar-refractivity contribution in [2.75, 3.05) is 4.90 Å². The maximum atomic E-state index is 2.43. The van der Waals surface area contributed by atoms with Gasteiger partial charge in [-0.25, -0.2) is 0 Å². The van der Waals surface area contributed by atoms with Gasteiger partial charge in [-0.2, -0.15) is 0 Å². The van der Waals surface area contributed by atoms with E-state index < -0.39 is 0 Å². The summed E-state index contributed by atoms with van der Waals surface area (Å²) in [5, 5.41) is 7.60. The number of nitrogens with zero attached hydrogens (tertiary/aromatic N) is 1. The lowest BCUT2D eigenvalue weighted by atomic mass is 9.93. The lowest BCUT2D eigenvalue weighted by molar-refractivity contribution is 1.29. The number of fused-ring (bicyclic) bond motifs is 5. The Balaban J connectivity index is 1.44. The molecule has 41 heavy (non-hydrogen) atoms. The van der Waals surface area contributed by atoms with Crippen LogP contribution in [0.5, 0.6) is 0 Å². The van der Waals surface area contributed by atoms with Gasteiger partial charge in [0.05, 0.1) is 5.69 Å². The van der Waals surface area contributed by atoms with Crippen molar-refractivity contribution in [1.29, 1.82) is 0 Å². The monoisotopic (exact) mass is 541 g/mol. The number of hydrogen-bond donors (Lipinski definition) is 0. The number of thiophene rings is 1. The number of anilines is 3. The molecule has 7 aromatic carbocycles. The molecule has 194 valence electrons. The summed E-state index contributed by atoms with van der Waals surface area (Å²) < 4.78 is 2.64. The summed E-state index contributed by atoms with van der Waals surface area (Å²) in [7, 11) is 0. The summed E-state index contributed by atoms with van der Waals surface area (Å²) >= 11 is 1.86. The van der Waals surface area contributed by atoms with Crippen LogP contribution in [0.1, 0.15) is 5.56 Å². The number of rotatable bonds is 4. The number of aryl methyl sites for hydroxylation is 1. The van der Waals surface area contributed by atoms with Crippen LogP contribution in [0.15, 0.2) is 146 Å². The van der Waals surface area contributed by atoms with Gasteiger partial charge in [-0.15, -0.1) is 11.3 Å². The van der Waals surface area contributed by atoms with Crippen LogP contribution in [0, 0.1) is 6.92 Å². The van der Waals surface area contributed by atoms with Gasteiger partial charge >= 0.3 is 0 Å². The molecule has 0 saturated carbocycles. The first-order valence-corrected chi connectivity index (χ1v) is 14.8. The standard InChI is InChI=1S/C39H27NS/c1-26-14-19-31(20-15-26)40(32-21-23-38-35(25-32)34-12-6-7-13-37(34)41-38)36-22-18-28-9-4-5-11-33(28)39(36)30-17-16-27-8-2-3-10-29(27)24-30/h2-25H,1H3. The van der Waals surface area contributed by atoms with Crippen LogP contribution in [-0.4, -0.2) is 0 Å². The Morgan fingerprint density at radius 3 is 1.98 bits per heavy atom. The highest BCUT2D eigenvalue weighted by molar-refractivity contribution is 7.25. The zero-order chi connectivity index (χ0) is 27.3. The topological polar surface area (TPSA) is 3.24 Å². The number of hydrogen-bond acceptors (Lipinski definition) is 2. The summed E-state index contributed by atoms with van der Waals surface area (Å²) in [5.41, 5.74) is 7.18. The minimum absolute atomic E-state index is 1.15. The molecule has 0 radical (unpaired) electrons. The fourth-order valence-electron chi connectivity index (χ4n) is 6.07. The van der Waals surface area contributed by atoms with E-state index in [0.29, 0.717) is 0 Å². The predicted molar refractivity (Wildman–Crippen MR) is 179 cm³/mol. The molecule has 0 unspecified atom stereocenters. The van der Waals surface area contributed by atoms with Crippen molar-refractivity contribution in [3.05, 3.63) is 151 Å². The maximum Gasteiger partial charge on any atom is 0.0546 e. The molecule has 1 heterocycles. The van der Waals surface area contributed by atoms with Crippen LogP contribution in [0.2, 0.25) is 0 Å². The Labute approximate surface area is 243 Å². The fraction of sp³-hybridized carbons (Fsp3) is 0.0256. The van der Waals surface area contributed by atoms with Gasteiger partial charge in [0.15, 0.2) is 0 Å². The van der Waals surface area contributed by atoms with Crippen molar-refractivity contribution in [2.45, 2.75) is 6.92 Å². The molecule has 8 aromatic rings. The molecule has 0 atom stereocenters. The second kappa shape index (κ2) is 9.62. The van der Waals surface area contributed by atoms with E-state index in [9.17, 15) is 0 Å². The number of benzene rings is 7. The van der Waals surface area contributed by atoms with Gasteiger partial charge in [0.2, 0.25) is 0 Å². The Hall–Kier alpha value is -4.92.